The summed E-state index contributed by atoms with van der Waals surface area (Å²) in [7, 11) is 2.84. The van der Waals surface area contributed by atoms with Gasteiger partial charge in [0.15, 0.2) is 0 Å². The first kappa shape index (κ1) is 23.8. The van der Waals surface area contributed by atoms with Crippen LogP contribution in [-0.4, -0.2) is 56.1 Å². The number of esters is 1. The van der Waals surface area contributed by atoms with E-state index < -0.39 is 24.0 Å². The van der Waals surface area contributed by atoms with E-state index in [2.05, 4.69) is 10.6 Å². The van der Waals surface area contributed by atoms with Crippen molar-refractivity contribution in [1.29, 1.82) is 0 Å². The zero-order valence-electron chi connectivity index (χ0n) is 17.1. The van der Waals surface area contributed by atoms with Crippen molar-refractivity contribution in [2.45, 2.75) is 38.8 Å². The van der Waals surface area contributed by atoms with E-state index in [9.17, 15) is 14.4 Å². The number of nitrogens with one attached hydrogen (secondary N) is 2. The number of benzene rings is 1. The lowest BCUT2D eigenvalue weighted by molar-refractivity contribution is -0.145. The van der Waals surface area contributed by atoms with E-state index >= 15 is 0 Å². The number of hydrogen-bond acceptors (Lipinski definition) is 6. The average molecular weight is 411 g/mol. The monoisotopic (exact) mass is 410 g/mol. The van der Waals surface area contributed by atoms with Crippen LogP contribution in [0, 0.1) is 5.92 Å². The fourth-order valence-corrected chi connectivity index (χ4v) is 3.06. The van der Waals surface area contributed by atoms with Gasteiger partial charge in [-0.3, -0.25) is 9.59 Å². The molecule has 156 valence electrons. The first-order valence-corrected chi connectivity index (χ1v) is 10.5. The summed E-state index contributed by atoms with van der Waals surface area (Å²) < 4.78 is 9.87. The normalized spacial score (nSPS) is 12.8. The molecule has 1 aromatic rings. The van der Waals surface area contributed by atoms with Crippen molar-refractivity contribution in [2.75, 3.05) is 26.2 Å². The maximum absolute atomic E-state index is 12.8. The minimum absolute atomic E-state index is 0.176. The molecule has 0 aliphatic rings. The number of hydrogen-bond donors (Lipinski definition) is 2. The van der Waals surface area contributed by atoms with Crippen molar-refractivity contribution in [2.24, 2.45) is 5.92 Å². The molecule has 2 N–H and O–H groups in total. The molecule has 0 bridgehead atoms. The summed E-state index contributed by atoms with van der Waals surface area (Å²) in [6.07, 6.45) is 2.83. The van der Waals surface area contributed by atoms with Gasteiger partial charge in [-0.05, 0) is 55.0 Å². The molecule has 2 atom stereocenters. The van der Waals surface area contributed by atoms with E-state index in [1.165, 1.54) is 7.11 Å². The zero-order chi connectivity index (χ0) is 21.1. The van der Waals surface area contributed by atoms with Crippen LogP contribution >= 0.6 is 11.8 Å². The number of rotatable bonds is 11. The summed E-state index contributed by atoms with van der Waals surface area (Å²) in [4.78, 5) is 37.3. The molecule has 0 radical (unpaired) electrons. The molecule has 8 heteroatoms. The molecule has 0 fully saturated rings. The highest BCUT2D eigenvalue weighted by Crippen LogP contribution is 2.13. The lowest BCUT2D eigenvalue weighted by Gasteiger charge is -2.23. The van der Waals surface area contributed by atoms with Crippen molar-refractivity contribution in [1.82, 2.24) is 10.6 Å². The summed E-state index contributed by atoms with van der Waals surface area (Å²) in [5.41, 5.74) is 0.425. The second-order valence-corrected chi connectivity index (χ2v) is 7.74. The number of thioether (sulfide) groups is 1. The van der Waals surface area contributed by atoms with Crippen LogP contribution in [0.5, 0.6) is 5.75 Å². The molecular weight excluding hydrogens is 380 g/mol. The molecule has 1 rings (SSSR count). The van der Waals surface area contributed by atoms with E-state index in [0.717, 1.165) is 0 Å². The fourth-order valence-electron chi connectivity index (χ4n) is 2.59. The largest absolute Gasteiger partial charge is 0.497 e. The van der Waals surface area contributed by atoms with E-state index in [4.69, 9.17) is 9.47 Å². The maximum atomic E-state index is 12.8. The summed E-state index contributed by atoms with van der Waals surface area (Å²) >= 11 is 1.58. The molecule has 0 unspecified atom stereocenters. The van der Waals surface area contributed by atoms with Crippen LogP contribution in [-0.2, 0) is 14.3 Å². The van der Waals surface area contributed by atoms with Gasteiger partial charge in [0.05, 0.1) is 14.2 Å². The summed E-state index contributed by atoms with van der Waals surface area (Å²) in [5.74, 6) is 0.270. The van der Waals surface area contributed by atoms with E-state index in [-0.39, 0.29) is 11.8 Å². The Hall–Kier alpha value is -2.22. The lowest BCUT2D eigenvalue weighted by Crippen LogP contribution is -2.52. The van der Waals surface area contributed by atoms with Crippen LogP contribution in [0.25, 0.3) is 0 Å². The fraction of sp³-hybridized carbons (Fsp3) is 0.550. The van der Waals surface area contributed by atoms with E-state index in [1.807, 2.05) is 20.1 Å². The molecule has 28 heavy (non-hydrogen) atoms. The Balaban J connectivity index is 2.87. The van der Waals surface area contributed by atoms with Gasteiger partial charge in [-0.1, -0.05) is 13.8 Å². The van der Waals surface area contributed by atoms with Gasteiger partial charge in [-0.2, -0.15) is 11.8 Å². The number of methoxy groups -OCH3 is 2. The third-order valence-corrected chi connectivity index (χ3v) is 4.74. The standard InChI is InChI=1S/C20H30N2O5S/c1-13(2)12-17(19(24)21-16(10-11-28-5)20(25)27-4)22-18(23)14-6-8-15(26-3)9-7-14/h6-9,13,16-17H,10-12H2,1-5H3,(H,21,24)(H,22,23)/t16-,17+/m0/s1. The molecule has 1 aromatic carbocycles. The smallest absolute Gasteiger partial charge is 0.328 e. The van der Waals surface area contributed by atoms with Gasteiger partial charge in [0.25, 0.3) is 5.91 Å². The van der Waals surface area contributed by atoms with Gasteiger partial charge in [-0.15, -0.1) is 0 Å². The van der Waals surface area contributed by atoms with Crippen molar-refractivity contribution < 1.29 is 23.9 Å². The molecule has 0 aliphatic heterocycles. The minimum atomic E-state index is -0.754. The third-order valence-electron chi connectivity index (χ3n) is 4.09. The predicted molar refractivity (Wildman–Crippen MR) is 111 cm³/mol. The molecule has 2 amide bonds. The van der Waals surface area contributed by atoms with Gasteiger partial charge in [0, 0.05) is 5.56 Å². The molecular formula is C20H30N2O5S. The van der Waals surface area contributed by atoms with Crippen LogP contribution in [0.1, 0.15) is 37.0 Å². The number of ether oxygens (including phenoxy) is 2. The molecule has 0 aliphatic carbocycles. The highest BCUT2D eigenvalue weighted by Gasteiger charge is 2.27. The molecule has 0 spiro atoms. The zero-order valence-corrected chi connectivity index (χ0v) is 17.9. The quantitative estimate of drug-likeness (QED) is 0.544. The van der Waals surface area contributed by atoms with Crippen LogP contribution in [0.2, 0.25) is 0 Å². The Labute approximate surface area is 170 Å². The minimum Gasteiger partial charge on any atom is -0.497 e. The van der Waals surface area contributed by atoms with Crippen molar-refractivity contribution in [3.05, 3.63) is 29.8 Å². The topological polar surface area (TPSA) is 93.7 Å². The van der Waals surface area contributed by atoms with E-state index in [1.54, 1.807) is 43.1 Å². The van der Waals surface area contributed by atoms with Gasteiger partial charge >= 0.3 is 5.97 Å². The third kappa shape index (κ3) is 7.80. The molecule has 0 aromatic heterocycles. The SMILES string of the molecule is COC(=O)[C@H](CCSC)NC(=O)[C@@H](CC(C)C)NC(=O)c1ccc(OC)cc1. The number of carbonyl (C=O) groups is 3. The van der Waals surface area contributed by atoms with Crippen LogP contribution in [0.15, 0.2) is 24.3 Å². The summed E-state index contributed by atoms with van der Waals surface area (Å²) in [6.45, 7) is 3.93. The molecule has 0 saturated heterocycles. The first-order valence-electron chi connectivity index (χ1n) is 9.14. The van der Waals surface area contributed by atoms with Crippen LogP contribution in [0.4, 0.5) is 0 Å². The van der Waals surface area contributed by atoms with Crippen LogP contribution in [0.3, 0.4) is 0 Å². The molecule has 7 nitrogen and oxygen atoms in total. The van der Waals surface area contributed by atoms with Crippen molar-refractivity contribution in [3.63, 3.8) is 0 Å². The predicted octanol–water partition coefficient (Wildman–Crippen LogP) is 2.25. The Bertz CT molecular complexity index is 649. The van der Waals surface area contributed by atoms with Crippen LogP contribution < -0.4 is 15.4 Å². The highest BCUT2D eigenvalue weighted by molar-refractivity contribution is 7.98. The van der Waals surface area contributed by atoms with Gasteiger partial charge < -0.3 is 20.1 Å². The number of carbonyl (C=O) groups excluding carboxylic acids is 3. The van der Waals surface area contributed by atoms with Crippen molar-refractivity contribution in [3.8, 4) is 5.75 Å². The molecule has 0 saturated carbocycles. The van der Waals surface area contributed by atoms with Gasteiger partial charge in [-0.25, -0.2) is 4.79 Å². The van der Waals surface area contributed by atoms with Crippen molar-refractivity contribution >= 4 is 29.5 Å². The molecule has 0 heterocycles. The Morgan fingerprint density at radius 3 is 2.18 bits per heavy atom. The Kier molecular flexibility index (Phi) is 10.4. The van der Waals surface area contributed by atoms with Gasteiger partial charge in [0.2, 0.25) is 5.91 Å². The second kappa shape index (κ2) is 12.3. The Morgan fingerprint density at radius 1 is 1.04 bits per heavy atom. The van der Waals surface area contributed by atoms with E-state index in [0.29, 0.717) is 29.9 Å². The highest BCUT2D eigenvalue weighted by atomic mass is 32.2. The first-order chi connectivity index (χ1) is 13.3. The lowest BCUT2D eigenvalue weighted by atomic mass is 10.0. The maximum Gasteiger partial charge on any atom is 0.328 e. The summed E-state index contributed by atoms with van der Waals surface area (Å²) in [5, 5.41) is 5.49. The summed E-state index contributed by atoms with van der Waals surface area (Å²) in [6, 6.07) is 5.14. The number of amides is 2. The average Bonchev–Trinajstić information content (AvgIpc) is 2.69. The Morgan fingerprint density at radius 2 is 1.68 bits per heavy atom. The second-order valence-electron chi connectivity index (χ2n) is 6.75. The van der Waals surface area contributed by atoms with Gasteiger partial charge in [0.1, 0.15) is 17.8 Å².